The molecule has 1 heteroatoms. The molecule has 0 saturated carbocycles. The van der Waals surface area contributed by atoms with E-state index in [4.69, 9.17) is 4.74 Å². The third-order valence-corrected chi connectivity index (χ3v) is 0.940. The fourth-order valence-corrected chi connectivity index (χ4v) is 0.346. The molecule has 48 valence electrons. The van der Waals surface area contributed by atoms with Gasteiger partial charge in [-0.1, -0.05) is 13.0 Å². The molecule has 0 radical (unpaired) electrons. The van der Waals surface area contributed by atoms with Crippen LogP contribution in [0.15, 0.2) is 11.8 Å². The number of hydrogen-bond acceptors (Lipinski definition) is 1. The lowest BCUT2D eigenvalue weighted by Crippen LogP contribution is -1.88. The van der Waals surface area contributed by atoms with Crippen LogP contribution in [0.4, 0.5) is 0 Å². The number of rotatable bonds is 3. The lowest BCUT2D eigenvalue weighted by atomic mass is 10.5. The van der Waals surface area contributed by atoms with Crippen LogP contribution in [-0.2, 0) is 4.74 Å². The van der Waals surface area contributed by atoms with Crippen molar-refractivity contribution < 1.29 is 4.74 Å². The first-order valence-corrected chi connectivity index (χ1v) is 3.07. The first-order valence-electron chi connectivity index (χ1n) is 3.07. The Bertz CT molecular complexity index is 74.5. The SMILES string of the molecule is C/C=C(/C)OCCC. The molecule has 0 unspecified atom stereocenters. The number of hydrogen-bond donors (Lipinski definition) is 0. The van der Waals surface area contributed by atoms with Crippen LogP contribution in [0.2, 0.25) is 0 Å². The molecule has 0 heterocycles. The van der Waals surface area contributed by atoms with Gasteiger partial charge in [0, 0.05) is 0 Å². The molecule has 0 N–H and O–H groups in total. The molecular weight excluding hydrogens is 100 g/mol. The molecule has 0 atom stereocenters. The van der Waals surface area contributed by atoms with Crippen LogP contribution in [-0.4, -0.2) is 6.61 Å². The lowest BCUT2D eigenvalue weighted by molar-refractivity contribution is 0.214. The average Bonchev–Trinajstić information content (AvgIpc) is 1.83. The van der Waals surface area contributed by atoms with Gasteiger partial charge >= 0.3 is 0 Å². The van der Waals surface area contributed by atoms with E-state index in [1.807, 2.05) is 19.9 Å². The molecule has 0 spiro atoms. The van der Waals surface area contributed by atoms with Gasteiger partial charge in [-0.05, 0) is 20.3 Å². The summed E-state index contributed by atoms with van der Waals surface area (Å²) in [6.45, 7) is 6.89. The van der Waals surface area contributed by atoms with Gasteiger partial charge in [0.25, 0.3) is 0 Å². The smallest absolute Gasteiger partial charge is 0.0886 e. The first-order chi connectivity index (χ1) is 3.81. The van der Waals surface area contributed by atoms with Crippen molar-refractivity contribution >= 4 is 0 Å². The molecular formula is C7H14O. The van der Waals surface area contributed by atoms with E-state index < -0.39 is 0 Å². The highest BCUT2D eigenvalue weighted by Crippen LogP contribution is 1.94. The van der Waals surface area contributed by atoms with Crippen molar-refractivity contribution in [2.75, 3.05) is 6.61 Å². The standard InChI is InChI=1S/C7H14O/c1-4-6-8-7(3)5-2/h5H,4,6H2,1-3H3/b7-5-. The van der Waals surface area contributed by atoms with E-state index >= 15 is 0 Å². The van der Waals surface area contributed by atoms with Crippen LogP contribution in [0, 0.1) is 0 Å². The van der Waals surface area contributed by atoms with Gasteiger partial charge < -0.3 is 4.74 Å². The van der Waals surface area contributed by atoms with Crippen molar-refractivity contribution in [3.63, 3.8) is 0 Å². The normalized spacial score (nSPS) is 11.6. The zero-order valence-corrected chi connectivity index (χ0v) is 5.90. The van der Waals surface area contributed by atoms with Gasteiger partial charge in [-0.3, -0.25) is 0 Å². The Hall–Kier alpha value is -0.460. The van der Waals surface area contributed by atoms with E-state index in [1.165, 1.54) is 0 Å². The second kappa shape index (κ2) is 4.69. The van der Waals surface area contributed by atoms with Gasteiger partial charge in [0.1, 0.15) is 0 Å². The maximum Gasteiger partial charge on any atom is 0.0886 e. The van der Waals surface area contributed by atoms with Gasteiger partial charge in [0.15, 0.2) is 0 Å². The first kappa shape index (κ1) is 7.54. The minimum absolute atomic E-state index is 0.843. The van der Waals surface area contributed by atoms with Gasteiger partial charge in [-0.15, -0.1) is 0 Å². The van der Waals surface area contributed by atoms with Crippen molar-refractivity contribution in [2.24, 2.45) is 0 Å². The largest absolute Gasteiger partial charge is 0.499 e. The topological polar surface area (TPSA) is 9.23 Å². The Morgan fingerprint density at radius 1 is 1.62 bits per heavy atom. The molecule has 8 heavy (non-hydrogen) atoms. The van der Waals surface area contributed by atoms with E-state index in [9.17, 15) is 0 Å². The third-order valence-electron chi connectivity index (χ3n) is 0.940. The van der Waals surface area contributed by atoms with Crippen LogP contribution in [0.25, 0.3) is 0 Å². The molecule has 0 aromatic carbocycles. The second-order valence-corrected chi connectivity index (χ2v) is 1.75. The average molecular weight is 114 g/mol. The maximum atomic E-state index is 5.20. The second-order valence-electron chi connectivity index (χ2n) is 1.75. The third kappa shape index (κ3) is 3.72. The fourth-order valence-electron chi connectivity index (χ4n) is 0.346. The summed E-state index contributed by atoms with van der Waals surface area (Å²) in [4.78, 5) is 0. The summed E-state index contributed by atoms with van der Waals surface area (Å²) >= 11 is 0. The summed E-state index contributed by atoms with van der Waals surface area (Å²) in [6, 6.07) is 0. The Morgan fingerprint density at radius 2 is 2.25 bits per heavy atom. The van der Waals surface area contributed by atoms with Gasteiger partial charge in [0.2, 0.25) is 0 Å². The Labute approximate surface area is 51.4 Å². The zero-order chi connectivity index (χ0) is 6.41. The predicted molar refractivity (Wildman–Crippen MR) is 35.7 cm³/mol. The highest BCUT2D eigenvalue weighted by Gasteiger charge is 1.81. The van der Waals surface area contributed by atoms with Crippen molar-refractivity contribution in [3.05, 3.63) is 11.8 Å². The highest BCUT2D eigenvalue weighted by molar-refractivity contribution is 4.83. The van der Waals surface area contributed by atoms with Crippen LogP contribution < -0.4 is 0 Å². The van der Waals surface area contributed by atoms with Crippen molar-refractivity contribution in [3.8, 4) is 0 Å². The van der Waals surface area contributed by atoms with E-state index in [0.29, 0.717) is 0 Å². The molecule has 0 saturated heterocycles. The molecule has 0 aromatic rings. The summed E-state index contributed by atoms with van der Waals surface area (Å²) < 4.78 is 5.20. The lowest BCUT2D eigenvalue weighted by Gasteiger charge is -2.01. The molecule has 1 nitrogen and oxygen atoms in total. The molecule has 0 amide bonds. The molecule has 0 aliphatic carbocycles. The molecule has 0 rings (SSSR count). The Kier molecular flexibility index (Phi) is 4.42. The minimum Gasteiger partial charge on any atom is -0.499 e. The van der Waals surface area contributed by atoms with E-state index in [-0.39, 0.29) is 0 Å². The van der Waals surface area contributed by atoms with Crippen LogP contribution >= 0.6 is 0 Å². The van der Waals surface area contributed by atoms with Crippen molar-refractivity contribution in [1.29, 1.82) is 0 Å². The summed E-state index contributed by atoms with van der Waals surface area (Å²) in [7, 11) is 0. The minimum atomic E-state index is 0.843. The number of allylic oxidation sites excluding steroid dienone is 2. The van der Waals surface area contributed by atoms with Gasteiger partial charge in [0.05, 0.1) is 12.4 Å². The summed E-state index contributed by atoms with van der Waals surface area (Å²) in [6.07, 6.45) is 3.06. The summed E-state index contributed by atoms with van der Waals surface area (Å²) in [5, 5.41) is 0. The van der Waals surface area contributed by atoms with E-state index in [2.05, 4.69) is 6.92 Å². The van der Waals surface area contributed by atoms with Crippen LogP contribution in [0.3, 0.4) is 0 Å². The Balaban J connectivity index is 3.12. The van der Waals surface area contributed by atoms with Crippen molar-refractivity contribution in [1.82, 2.24) is 0 Å². The highest BCUT2D eigenvalue weighted by atomic mass is 16.5. The van der Waals surface area contributed by atoms with E-state index in [0.717, 1.165) is 18.8 Å². The van der Waals surface area contributed by atoms with Gasteiger partial charge in [-0.2, -0.15) is 0 Å². The monoisotopic (exact) mass is 114 g/mol. The van der Waals surface area contributed by atoms with Gasteiger partial charge in [-0.25, -0.2) is 0 Å². The molecule has 0 aromatic heterocycles. The van der Waals surface area contributed by atoms with Crippen LogP contribution in [0.5, 0.6) is 0 Å². The van der Waals surface area contributed by atoms with Crippen molar-refractivity contribution in [2.45, 2.75) is 27.2 Å². The van der Waals surface area contributed by atoms with Crippen LogP contribution in [0.1, 0.15) is 27.2 Å². The Morgan fingerprint density at radius 3 is 2.62 bits per heavy atom. The molecule has 0 aliphatic heterocycles. The maximum absolute atomic E-state index is 5.20. The fraction of sp³-hybridized carbons (Fsp3) is 0.714. The molecule has 0 bridgehead atoms. The van der Waals surface area contributed by atoms with E-state index in [1.54, 1.807) is 0 Å². The number of ether oxygens (including phenoxy) is 1. The quantitative estimate of drug-likeness (QED) is 0.512. The molecule has 0 aliphatic rings. The summed E-state index contributed by atoms with van der Waals surface area (Å²) in [5.74, 6) is 1.02. The predicted octanol–water partition coefficient (Wildman–Crippen LogP) is 2.34. The summed E-state index contributed by atoms with van der Waals surface area (Å²) in [5.41, 5.74) is 0. The molecule has 0 fully saturated rings. The zero-order valence-electron chi connectivity index (χ0n) is 5.90.